The molecular weight excluding hydrogens is 453 g/mol. The first-order valence-electron chi connectivity index (χ1n) is 12.1. The van der Waals surface area contributed by atoms with Gasteiger partial charge in [-0.05, 0) is 80.6 Å². The first-order chi connectivity index (χ1) is 16.2. The van der Waals surface area contributed by atoms with Gasteiger partial charge in [0.2, 0.25) is 0 Å². The number of aliphatic hydroxyl groups is 1. The Morgan fingerprint density at radius 3 is 2.82 bits per heavy atom. The molecule has 0 spiro atoms. The van der Waals surface area contributed by atoms with E-state index in [1.165, 1.54) is 6.07 Å². The second kappa shape index (κ2) is 10.2. The third-order valence-electron chi connectivity index (χ3n) is 7.22. The highest BCUT2D eigenvalue weighted by molar-refractivity contribution is 6.35. The molecule has 5 nitrogen and oxygen atoms in total. The van der Waals surface area contributed by atoms with Gasteiger partial charge in [-0.15, -0.1) is 0 Å². The summed E-state index contributed by atoms with van der Waals surface area (Å²) in [5.41, 5.74) is 2.94. The van der Waals surface area contributed by atoms with Crippen LogP contribution in [0.15, 0.2) is 30.3 Å². The molecule has 1 aromatic heterocycles. The lowest BCUT2D eigenvalue weighted by Gasteiger charge is -2.44. The molecule has 7 heteroatoms. The summed E-state index contributed by atoms with van der Waals surface area (Å²) in [6, 6.07) is 8.67. The number of H-pyrrole nitrogens is 1. The van der Waals surface area contributed by atoms with Crippen molar-refractivity contribution < 1.29 is 14.2 Å². The number of aromatic amines is 1. The molecule has 1 heterocycles. The molecule has 1 unspecified atom stereocenters. The number of imidazole rings is 1. The molecular formula is C27H35ClFN3O2. The Morgan fingerprint density at radius 2 is 2.09 bits per heavy atom. The van der Waals surface area contributed by atoms with Gasteiger partial charge in [-0.1, -0.05) is 31.5 Å². The summed E-state index contributed by atoms with van der Waals surface area (Å²) in [6.07, 6.45) is 3.82. The summed E-state index contributed by atoms with van der Waals surface area (Å²) in [5.74, 6) is 1.70. The summed E-state index contributed by atoms with van der Waals surface area (Å²) in [4.78, 5) is 10.3. The van der Waals surface area contributed by atoms with Gasteiger partial charge in [0.15, 0.2) is 0 Å². The quantitative estimate of drug-likeness (QED) is 0.404. The van der Waals surface area contributed by atoms with Crippen molar-refractivity contribution >= 4 is 22.6 Å². The molecule has 0 aliphatic heterocycles. The van der Waals surface area contributed by atoms with Crippen molar-refractivity contribution in [1.82, 2.24) is 14.9 Å². The van der Waals surface area contributed by atoms with Gasteiger partial charge in [-0.2, -0.15) is 0 Å². The van der Waals surface area contributed by atoms with Crippen molar-refractivity contribution in [2.24, 2.45) is 5.92 Å². The molecule has 1 aliphatic carbocycles. The Balaban J connectivity index is 1.35. The standard InChI is InChI=1S/C27H35ClFN3O2/c1-17(2)24-20-8-7-19(29)16-18(20)11-12-27(24,33)13-15-32(3)14-5-6-23-30-25-21(28)9-10-22(34-4)26(25)31-23/h7-10,16-17,24,33H,5-6,11-15H2,1-4H3,(H,30,31)/t24?,27-/m0/s1. The smallest absolute Gasteiger partial charge is 0.146 e. The predicted molar refractivity (Wildman–Crippen MR) is 135 cm³/mol. The van der Waals surface area contributed by atoms with Gasteiger partial charge in [0, 0.05) is 18.9 Å². The highest BCUT2D eigenvalue weighted by Crippen LogP contribution is 2.45. The van der Waals surface area contributed by atoms with Crippen LogP contribution in [-0.4, -0.2) is 52.8 Å². The van der Waals surface area contributed by atoms with Crippen LogP contribution in [0.3, 0.4) is 0 Å². The number of hydrogen-bond acceptors (Lipinski definition) is 4. The number of benzene rings is 2. The van der Waals surface area contributed by atoms with Crippen LogP contribution in [-0.2, 0) is 12.8 Å². The SMILES string of the molecule is COc1ccc(Cl)c2[nH]c(CCCN(C)CC[C@@]3(O)CCc4cc(F)ccc4C3C(C)C)nc12. The molecule has 2 atom stereocenters. The van der Waals surface area contributed by atoms with Crippen LogP contribution in [0.2, 0.25) is 5.02 Å². The molecule has 1 aliphatic rings. The van der Waals surface area contributed by atoms with Gasteiger partial charge < -0.3 is 19.7 Å². The van der Waals surface area contributed by atoms with Crippen LogP contribution < -0.4 is 4.74 Å². The van der Waals surface area contributed by atoms with E-state index in [0.29, 0.717) is 30.0 Å². The van der Waals surface area contributed by atoms with Gasteiger partial charge in [-0.25, -0.2) is 9.37 Å². The van der Waals surface area contributed by atoms with Gasteiger partial charge in [0.1, 0.15) is 22.9 Å². The van der Waals surface area contributed by atoms with Crippen LogP contribution >= 0.6 is 11.6 Å². The fourth-order valence-corrected chi connectivity index (χ4v) is 5.73. The van der Waals surface area contributed by atoms with Crippen molar-refractivity contribution in [2.45, 2.75) is 57.5 Å². The van der Waals surface area contributed by atoms with Crippen molar-refractivity contribution in [1.29, 1.82) is 0 Å². The highest BCUT2D eigenvalue weighted by Gasteiger charge is 2.43. The van der Waals surface area contributed by atoms with Crippen LogP contribution in [0, 0.1) is 11.7 Å². The molecule has 0 fully saturated rings. The number of fused-ring (bicyclic) bond motifs is 2. The van der Waals surface area contributed by atoms with E-state index in [9.17, 15) is 9.50 Å². The topological polar surface area (TPSA) is 61.4 Å². The van der Waals surface area contributed by atoms with Crippen molar-refractivity contribution in [3.63, 3.8) is 0 Å². The molecule has 0 bridgehead atoms. The Morgan fingerprint density at radius 1 is 1.29 bits per heavy atom. The number of aromatic nitrogens is 2. The number of hydrogen-bond donors (Lipinski definition) is 2. The van der Waals surface area contributed by atoms with Gasteiger partial charge in [-0.3, -0.25) is 0 Å². The van der Waals surface area contributed by atoms with E-state index in [2.05, 4.69) is 35.8 Å². The molecule has 2 N–H and O–H groups in total. The molecule has 4 rings (SSSR count). The number of aryl methyl sites for hydroxylation is 2. The third kappa shape index (κ3) is 5.09. The van der Waals surface area contributed by atoms with Gasteiger partial charge in [0.25, 0.3) is 0 Å². The van der Waals surface area contributed by atoms with Gasteiger partial charge in [0.05, 0.1) is 23.3 Å². The lowest BCUT2D eigenvalue weighted by atomic mass is 9.66. The van der Waals surface area contributed by atoms with Gasteiger partial charge >= 0.3 is 0 Å². The lowest BCUT2D eigenvalue weighted by Crippen LogP contribution is -2.45. The number of rotatable bonds is 9. The normalized spacial score (nSPS) is 20.3. The molecule has 184 valence electrons. The molecule has 0 radical (unpaired) electrons. The first kappa shape index (κ1) is 25.0. The minimum Gasteiger partial charge on any atom is -0.494 e. The number of nitrogens with zero attached hydrogens (tertiary/aromatic N) is 2. The third-order valence-corrected chi connectivity index (χ3v) is 7.53. The Labute approximate surface area is 206 Å². The number of halogens is 2. The maximum absolute atomic E-state index is 13.7. The van der Waals surface area contributed by atoms with Crippen LogP contribution in [0.5, 0.6) is 5.75 Å². The molecule has 0 amide bonds. The van der Waals surface area contributed by atoms with Crippen molar-refractivity contribution in [3.8, 4) is 5.75 Å². The fourth-order valence-electron chi connectivity index (χ4n) is 5.53. The molecule has 2 aromatic carbocycles. The molecule has 34 heavy (non-hydrogen) atoms. The number of ether oxygens (including phenoxy) is 1. The number of nitrogens with one attached hydrogen (secondary N) is 1. The average Bonchev–Trinajstić information content (AvgIpc) is 3.23. The van der Waals surface area contributed by atoms with E-state index in [4.69, 9.17) is 16.3 Å². The predicted octanol–water partition coefficient (Wildman–Crippen LogP) is 5.74. The first-order valence-corrected chi connectivity index (χ1v) is 12.5. The Hall–Kier alpha value is -2.15. The van der Waals surface area contributed by atoms with E-state index in [1.54, 1.807) is 13.2 Å². The molecule has 0 saturated carbocycles. The summed E-state index contributed by atoms with van der Waals surface area (Å²) < 4.78 is 19.1. The van der Waals surface area contributed by atoms with Crippen molar-refractivity contribution in [3.05, 3.63) is 58.1 Å². The van der Waals surface area contributed by atoms with E-state index >= 15 is 0 Å². The van der Waals surface area contributed by atoms with E-state index in [-0.39, 0.29) is 17.7 Å². The number of methoxy groups -OCH3 is 1. The largest absolute Gasteiger partial charge is 0.494 e. The Kier molecular flexibility index (Phi) is 7.51. The van der Waals surface area contributed by atoms with Crippen LogP contribution in [0.4, 0.5) is 4.39 Å². The molecule has 3 aromatic rings. The summed E-state index contributed by atoms with van der Waals surface area (Å²) >= 11 is 6.31. The summed E-state index contributed by atoms with van der Waals surface area (Å²) in [5, 5.41) is 12.3. The zero-order valence-corrected chi connectivity index (χ0v) is 21.3. The lowest BCUT2D eigenvalue weighted by molar-refractivity contribution is -0.0301. The fraction of sp³-hybridized carbons (Fsp3) is 0.519. The minimum atomic E-state index is -0.778. The zero-order valence-electron chi connectivity index (χ0n) is 20.5. The van der Waals surface area contributed by atoms with Crippen molar-refractivity contribution in [2.75, 3.05) is 27.2 Å². The summed E-state index contributed by atoms with van der Waals surface area (Å²) in [6.45, 7) is 5.99. The van der Waals surface area contributed by atoms with Crippen LogP contribution in [0.25, 0.3) is 11.0 Å². The van der Waals surface area contributed by atoms with E-state index in [1.807, 2.05) is 18.2 Å². The second-order valence-electron chi connectivity index (χ2n) is 9.98. The summed E-state index contributed by atoms with van der Waals surface area (Å²) in [7, 11) is 3.73. The maximum atomic E-state index is 13.7. The highest BCUT2D eigenvalue weighted by atomic mass is 35.5. The minimum absolute atomic E-state index is 0.0144. The van der Waals surface area contributed by atoms with Crippen LogP contribution in [0.1, 0.15) is 56.0 Å². The zero-order chi connectivity index (χ0) is 24.5. The van der Waals surface area contributed by atoms with E-state index < -0.39 is 5.60 Å². The Bertz CT molecular complexity index is 1150. The maximum Gasteiger partial charge on any atom is 0.146 e. The average molecular weight is 488 g/mol. The second-order valence-corrected chi connectivity index (χ2v) is 10.4. The monoisotopic (exact) mass is 487 g/mol. The molecule has 0 saturated heterocycles. The van der Waals surface area contributed by atoms with E-state index in [0.717, 1.165) is 53.9 Å².